The number of nitrogen functional groups attached to an aromatic ring is 1. The van der Waals surface area contributed by atoms with Crippen LogP contribution in [0.5, 0.6) is 0 Å². The highest BCUT2D eigenvalue weighted by atomic mass is 35.5. The van der Waals surface area contributed by atoms with E-state index in [1.54, 1.807) is 12.1 Å². The molecular weight excluding hydrogens is 338 g/mol. The Morgan fingerprint density at radius 1 is 1.20 bits per heavy atom. The Morgan fingerprint density at radius 2 is 1.92 bits per heavy atom. The summed E-state index contributed by atoms with van der Waals surface area (Å²) in [4.78, 5) is 12.3. The van der Waals surface area contributed by atoms with E-state index in [-0.39, 0.29) is 17.4 Å². The number of anilines is 1. The van der Waals surface area contributed by atoms with E-state index in [0.29, 0.717) is 18.1 Å². The number of benzene rings is 2. The average Bonchev–Trinajstić information content (AvgIpc) is 2.97. The number of carbonyl (C=O) groups is 1. The summed E-state index contributed by atoms with van der Waals surface area (Å²) in [5, 5.41) is 11.4. The van der Waals surface area contributed by atoms with Gasteiger partial charge < -0.3 is 11.1 Å². The number of aryl methyl sites for hydroxylation is 1. The van der Waals surface area contributed by atoms with E-state index in [1.165, 1.54) is 4.68 Å². The summed E-state index contributed by atoms with van der Waals surface area (Å²) in [5.74, 6) is -0.111. The van der Waals surface area contributed by atoms with Crippen LogP contribution in [0.15, 0.2) is 48.5 Å². The molecule has 0 bridgehead atoms. The van der Waals surface area contributed by atoms with Crippen LogP contribution in [0.1, 0.15) is 27.2 Å². The molecule has 6 nitrogen and oxygen atoms in total. The molecule has 25 heavy (non-hydrogen) atoms. The number of aromatic nitrogens is 3. The number of hydrogen-bond donors (Lipinski definition) is 2. The van der Waals surface area contributed by atoms with Gasteiger partial charge in [0.1, 0.15) is 0 Å². The molecule has 0 atom stereocenters. The smallest absolute Gasteiger partial charge is 0.275 e. The lowest BCUT2D eigenvalue weighted by atomic mass is 10.1. The zero-order valence-electron chi connectivity index (χ0n) is 13.7. The maximum Gasteiger partial charge on any atom is 0.275 e. The molecule has 7 heteroatoms. The lowest BCUT2D eigenvalue weighted by molar-refractivity contribution is 0.0946. The van der Waals surface area contributed by atoms with E-state index in [0.717, 1.165) is 16.7 Å². The molecule has 1 heterocycles. The van der Waals surface area contributed by atoms with Gasteiger partial charge in [0.15, 0.2) is 11.5 Å². The average molecular weight is 356 g/mol. The van der Waals surface area contributed by atoms with E-state index in [2.05, 4.69) is 15.6 Å². The topological polar surface area (TPSA) is 85.8 Å². The molecule has 0 aliphatic heterocycles. The first-order valence-corrected chi connectivity index (χ1v) is 8.18. The summed E-state index contributed by atoms with van der Waals surface area (Å²) >= 11 is 5.85. The van der Waals surface area contributed by atoms with Crippen LogP contribution in [-0.2, 0) is 13.1 Å². The first-order chi connectivity index (χ1) is 12.0. The molecule has 0 fully saturated rings. The Hall–Kier alpha value is -2.86. The minimum atomic E-state index is -0.358. The minimum absolute atomic E-state index is 0.127. The molecule has 0 aliphatic rings. The lowest BCUT2D eigenvalue weighted by Gasteiger charge is -2.07. The predicted molar refractivity (Wildman–Crippen MR) is 97.3 cm³/mol. The van der Waals surface area contributed by atoms with Gasteiger partial charge in [-0.1, -0.05) is 53.2 Å². The SMILES string of the molecule is Cc1ccccc1Cn1nnc(C(=O)NCc2ccc(Cl)cc2)c1N. The molecule has 0 saturated carbocycles. The van der Waals surface area contributed by atoms with Crippen molar-refractivity contribution in [3.8, 4) is 0 Å². The van der Waals surface area contributed by atoms with Crippen molar-refractivity contribution in [2.45, 2.75) is 20.0 Å². The molecule has 3 aromatic rings. The van der Waals surface area contributed by atoms with Crippen molar-refractivity contribution in [1.29, 1.82) is 0 Å². The number of nitrogens with one attached hydrogen (secondary N) is 1. The summed E-state index contributed by atoms with van der Waals surface area (Å²) in [5.41, 5.74) is 9.32. The van der Waals surface area contributed by atoms with Crippen LogP contribution in [0.25, 0.3) is 0 Å². The molecule has 0 aliphatic carbocycles. The molecule has 1 aromatic heterocycles. The summed E-state index contributed by atoms with van der Waals surface area (Å²) in [6, 6.07) is 15.2. The maximum atomic E-state index is 12.3. The van der Waals surface area contributed by atoms with Crippen molar-refractivity contribution in [3.05, 3.63) is 75.9 Å². The molecule has 0 radical (unpaired) electrons. The third kappa shape index (κ3) is 3.97. The van der Waals surface area contributed by atoms with Crippen LogP contribution < -0.4 is 11.1 Å². The molecular formula is C18H18ClN5O. The second kappa shape index (κ2) is 7.36. The van der Waals surface area contributed by atoms with Crippen LogP contribution >= 0.6 is 11.6 Å². The molecule has 3 N–H and O–H groups in total. The van der Waals surface area contributed by atoms with Crippen molar-refractivity contribution >= 4 is 23.3 Å². The highest BCUT2D eigenvalue weighted by Gasteiger charge is 2.17. The van der Waals surface area contributed by atoms with E-state index in [4.69, 9.17) is 17.3 Å². The van der Waals surface area contributed by atoms with Crippen LogP contribution in [0.3, 0.4) is 0 Å². The van der Waals surface area contributed by atoms with Gasteiger partial charge in [0.05, 0.1) is 6.54 Å². The summed E-state index contributed by atoms with van der Waals surface area (Å²) in [6.45, 7) is 2.85. The molecule has 0 spiro atoms. The standard InChI is InChI=1S/C18H18ClN5O/c1-12-4-2-3-5-14(12)11-24-17(20)16(22-23-24)18(25)21-10-13-6-8-15(19)9-7-13/h2-9H,10-11,20H2,1H3,(H,21,25). The Kier molecular flexibility index (Phi) is 5.00. The van der Waals surface area contributed by atoms with Crippen LogP contribution in [0.2, 0.25) is 5.02 Å². The highest BCUT2D eigenvalue weighted by molar-refractivity contribution is 6.30. The predicted octanol–water partition coefficient (Wildman–Crippen LogP) is 2.80. The number of halogens is 1. The summed E-state index contributed by atoms with van der Waals surface area (Å²) in [6.07, 6.45) is 0. The zero-order valence-corrected chi connectivity index (χ0v) is 14.5. The second-order valence-electron chi connectivity index (χ2n) is 5.72. The fourth-order valence-electron chi connectivity index (χ4n) is 2.42. The van der Waals surface area contributed by atoms with Gasteiger partial charge in [-0.25, -0.2) is 4.68 Å². The van der Waals surface area contributed by atoms with Gasteiger partial charge in [-0.3, -0.25) is 4.79 Å². The molecule has 0 unspecified atom stereocenters. The van der Waals surface area contributed by atoms with Crippen molar-refractivity contribution in [2.24, 2.45) is 0 Å². The lowest BCUT2D eigenvalue weighted by Crippen LogP contribution is -2.24. The number of nitrogens with zero attached hydrogens (tertiary/aromatic N) is 3. The van der Waals surface area contributed by atoms with Gasteiger partial charge in [0.25, 0.3) is 5.91 Å². The number of amides is 1. The maximum absolute atomic E-state index is 12.3. The third-order valence-electron chi connectivity index (χ3n) is 3.94. The van der Waals surface area contributed by atoms with Crippen molar-refractivity contribution in [2.75, 3.05) is 5.73 Å². The highest BCUT2D eigenvalue weighted by Crippen LogP contribution is 2.14. The Labute approximate surface area is 150 Å². The van der Waals surface area contributed by atoms with Crippen molar-refractivity contribution in [1.82, 2.24) is 20.3 Å². The van der Waals surface area contributed by atoms with E-state index in [9.17, 15) is 4.79 Å². The summed E-state index contributed by atoms with van der Waals surface area (Å²) < 4.78 is 1.53. The molecule has 0 saturated heterocycles. The molecule has 128 valence electrons. The zero-order chi connectivity index (χ0) is 17.8. The number of carbonyl (C=O) groups excluding carboxylic acids is 1. The van der Waals surface area contributed by atoms with E-state index in [1.807, 2.05) is 43.3 Å². The van der Waals surface area contributed by atoms with E-state index >= 15 is 0 Å². The first-order valence-electron chi connectivity index (χ1n) is 7.80. The first kappa shape index (κ1) is 17.0. The van der Waals surface area contributed by atoms with Gasteiger partial charge in [-0.2, -0.15) is 0 Å². The van der Waals surface area contributed by atoms with Crippen molar-refractivity contribution in [3.63, 3.8) is 0 Å². The van der Waals surface area contributed by atoms with Gasteiger partial charge >= 0.3 is 0 Å². The monoisotopic (exact) mass is 355 g/mol. The van der Waals surface area contributed by atoms with Gasteiger partial charge in [0.2, 0.25) is 0 Å². The molecule has 3 rings (SSSR count). The third-order valence-corrected chi connectivity index (χ3v) is 4.19. The second-order valence-corrected chi connectivity index (χ2v) is 6.15. The number of rotatable bonds is 5. The summed E-state index contributed by atoms with van der Waals surface area (Å²) in [7, 11) is 0. The number of hydrogen-bond acceptors (Lipinski definition) is 4. The van der Waals surface area contributed by atoms with Crippen molar-refractivity contribution < 1.29 is 4.79 Å². The quantitative estimate of drug-likeness (QED) is 0.736. The Balaban J connectivity index is 1.68. The normalized spacial score (nSPS) is 10.6. The van der Waals surface area contributed by atoms with Gasteiger partial charge in [-0.15, -0.1) is 5.10 Å². The van der Waals surface area contributed by atoms with Crippen LogP contribution in [0.4, 0.5) is 5.82 Å². The fraction of sp³-hybridized carbons (Fsp3) is 0.167. The van der Waals surface area contributed by atoms with Crippen LogP contribution in [0, 0.1) is 6.92 Å². The Morgan fingerprint density at radius 3 is 2.64 bits per heavy atom. The Bertz CT molecular complexity index is 889. The number of nitrogens with two attached hydrogens (primary N) is 1. The largest absolute Gasteiger partial charge is 0.382 e. The molecule has 1 amide bonds. The van der Waals surface area contributed by atoms with Gasteiger partial charge in [-0.05, 0) is 35.7 Å². The molecule has 2 aromatic carbocycles. The fourth-order valence-corrected chi connectivity index (χ4v) is 2.54. The van der Waals surface area contributed by atoms with Crippen LogP contribution in [-0.4, -0.2) is 20.9 Å². The minimum Gasteiger partial charge on any atom is -0.382 e. The van der Waals surface area contributed by atoms with Gasteiger partial charge in [0, 0.05) is 11.6 Å². The van der Waals surface area contributed by atoms with E-state index < -0.39 is 0 Å².